The first-order valence-electron chi connectivity index (χ1n) is 13.5. The van der Waals surface area contributed by atoms with E-state index in [4.69, 9.17) is 9.47 Å². The molecule has 0 radical (unpaired) electrons. The number of Topliss-reactive ketones (excluding diaryl/α,β-unsaturated/α-hetero) is 2. The highest BCUT2D eigenvalue weighted by Gasteiger charge is 2.48. The minimum absolute atomic E-state index is 0.0154. The highest BCUT2D eigenvalue weighted by atomic mass is 32.1. The predicted octanol–water partition coefficient (Wildman–Crippen LogP) is 6.17. The van der Waals surface area contributed by atoms with Gasteiger partial charge < -0.3 is 14.6 Å². The lowest BCUT2D eigenvalue weighted by Crippen LogP contribution is -2.29. The average molecular weight is 561 g/mol. The van der Waals surface area contributed by atoms with E-state index in [1.54, 1.807) is 43.3 Å². The zero-order valence-electron chi connectivity index (χ0n) is 23.0. The van der Waals surface area contributed by atoms with Crippen LogP contribution in [0, 0.1) is 6.92 Å². The molecular formula is C31H32N2O6S. The Labute approximate surface area is 237 Å². The van der Waals surface area contributed by atoms with E-state index in [9.17, 15) is 19.5 Å². The van der Waals surface area contributed by atoms with Gasteiger partial charge in [0.15, 0.2) is 10.9 Å². The Morgan fingerprint density at radius 1 is 1.20 bits per heavy atom. The van der Waals surface area contributed by atoms with Crippen molar-refractivity contribution in [1.29, 1.82) is 0 Å². The number of carbonyl (C=O) groups excluding carboxylic acids is 3. The van der Waals surface area contributed by atoms with Crippen LogP contribution in [0.25, 0.3) is 5.76 Å². The largest absolute Gasteiger partial charge is 0.507 e. The quantitative estimate of drug-likeness (QED) is 0.110. The van der Waals surface area contributed by atoms with Crippen LogP contribution in [0.1, 0.15) is 78.1 Å². The van der Waals surface area contributed by atoms with Crippen molar-refractivity contribution in [2.45, 2.75) is 65.5 Å². The van der Waals surface area contributed by atoms with E-state index in [0.717, 1.165) is 41.9 Å². The topological polar surface area (TPSA) is 106 Å². The molecular weight excluding hydrogens is 528 g/mol. The molecule has 1 fully saturated rings. The molecule has 1 amide bonds. The summed E-state index contributed by atoms with van der Waals surface area (Å²) in [7, 11) is 0. The molecule has 0 spiro atoms. The van der Waals surface area contributed by atoms with E-state index in [1.807, 2.05) is 13.0 Å². The number of hydrogen-bond donors (Lipinski definition) is 1. The second-order valence-electron chi connectivity index (χ2n) is 10.2. The molecule has 0 aliphatic carbocycles. The molecule has 8 nitrogen and oxygen atoms in total. The predicted molar refractivity (Wildman–Crippen MR) is 153 cm³/mol. The number of aliphatic hydroxyl groups is 1. The van der Waals surface area contributed by atoms with Gasteiger partial charge in [-0.2, -0.15) is 0 Å². The van der Waals surface area contributed by atoms with Gasteiger partial charge in [0, 0.05) is 18.9 Å². The number of ketones is 2. The molecule has 40 heavy (non-hydrogen) atoms. The second kappa shape index (κ2) is 11.3. The maximum Gasteiger partial charge on any atom is 0.301 e. The van der Waals surface area contributed by atoms with Gasteiger partial charge in [0.05, 0.1) is 28.8 Å². The summed E-state index contributed by atoms with van der Waals surface area (Å²) in [6.07, 6.45) is 3.72. The number of carbonyl (C=O) groups is 3. The van der Waals surface area contributed by atoms with Gasteiger partial charge in [0.2, 0.25) is 0 Å². The number of aliphatic hydroxyl groups excluding tert-OH is 1. The smallest absolute Gasteiger partial charge is 0.301 e. The summed E-state index contributed by atoms with van der Waals surface area (Å²) in [6.45, 7) is 7.76. The Bertz CT molecular complexity index is 1520. The molecule has 1 N–H and O–H groups in total. The molecule has 2 aromatic carbocycles. The van der Waals surface area contributed by atoms with Crippen LogP contribution in [0.4, 0.5) is 5.13 Å². The van der Waals surface area contributed by atoms with Crippen molar-refractivity contribution in [3.05, 3.63) is 75.3 Å². The molecule has 208 valence electrons. The normalized spacial score (nSPS) is 19.6. The number of rotatable bonds is 9. The van der Waals surface area contributed by atoms with E-state index in [0.29, 0.717) is 40.5 Å². The number of benzene rings is 2. The van der Waals surface area contributed by atoms with E-state index in [-0.39, 0.29) is 28.4 Å². The summed E-state index contributed by atoms with van der Waals surface area (Å²) >= 11 is 1.06. The van der Waals surface area contributed by atoms with E-state index < -0.39 is 17.7 Å². The van der Waals surface area contributed by atoms with Crippen LogP contribution in [0.3, 0.4) is 0 Å². The van der Waals surface area contributed by atoms with E-state index in [2.05, 4.69) is 11.9 Å². The average Bonchev–Trinajstić information content (AvgIpc) is 3.58. The number of thiazole rings is 1. The Balaban J connectivity index is 1.63. The number of nitrogens with zero attached hydrogens (tertiary/aromatic N) is 2. The second-order valence-corrected chi connectivity index (χ2v) is 11.2. The first kappa shape index (κ1) is 27.6. The first-order chi connectivity index (χ1) is 19.2. The van der Waals surface area contributed by atoms with Crippen LogP contribution in [0.5, 0.6) is 11.5 Å². The van der Waals surface area contributed by atoms with Crippen molar-refractivity contribution >= 4 is 39.7 Å². The Kier molecular flexibility index (Phi) is 7.76. The van der Waals surface area contributed by atoms with Crippen LogP contribution < -0.4 is 14.4 Å². The van der Waals surface area contributed by atoms with Crippen molar-refractivity contribution < 1.29 is 29.0 Å². The van der Waals surface area contributed by atoms with Crippen LogP contribution >= 0.6 is 11.3 Å². The van der Waals surface area contributed by atoms with Gasteiger partial charge in [-0.1, -0.05) is 43.2 Å². The molecule has 3 aromatic rings. The van der Waals surface area contributed by atoms with Crippen molar-refractivity contribution in [3.8, 4) is 11.5 Å². The molecule has 1 aromatic heterocycles. The first-order valence-corrected chi connectivity index (χ1v) is 14.3. The Morgan fingerprint density at radius 2 is 2.00 bits per heavy atom. The van der Waals surface area contributed by atoms with Gasteiger partial charge >= 0.3 is 5.91 Å². The highest BCUT2D eigenvalue weighted by Crippen LogP contribution is 2.45. The molecule has 9 heteroatoms. The highest BCUT2D eigenvalue weighted by molar-refractivity contribution is 7.18. The van der Waals surface area contributed by atoms with Gasteiger partial charge in [0.1, 0.15) is 23.4 Å². The summed E-state index contributed by atoms with van der Waals surface area (Å²) < 4.78 is 11.7. The molecule has 2 aliphatic rings. The van der Waals surface area contributed by atoms with E-state index >= 15 is 0 Å². The molecule has 3 heterocycles. The summed E-state index contributed by atoms with van der Waals surface area (Å²) in [5.74, 6) is -0.748. The van der Waals surface area contributed by atoms with Crippen molar-refractivity contribution in [2.75, 3.05) is 11.5 Å². The number of aromatic nitrogens is 1. The molecule has 1 saturated heterocycles. The molecule has 5 rings (SSSR count). The fourth-order valence-corrected chi connectivity index (χ4v) is 6.19. The van der Waals surface area contributed by atoms with Crippen LogP contribution in [-0.4, -0.2) is 40.3 Å². The number of unbranched alkanes of at least 4 members (excludes halogenated alkanes) is 2. The zero-order valence-corrected chi connectivity index (χ0v) is 23.8. The molecule has 2 aliphatic heterocycles. The van der Waals surface area contributed by atoms with Gasteiger partial charge in [-0.3, -0.25) is 19.3 Å². The summed E-state index contributed by atoms with van der Waals surface area (Å²) in [4.78, 5) is 45.5. The summed E-state index contributed by atoms with van der Waals surface area (Å²) in [6, 6.07) is 11.5. The molecule has 0 unspecified atom stereocenters. The van der Waals surface area contributed by atoms with Gasteiger partial charge in [-0.05, 0) is 61.7 Å². The van der Waals surface area contributed by atoms with Crippen LogP contribution in [0.15, 0.2) is 48.0 Å². The summed E-state index contributed by atoms with van der Waals surface area (Å²) in [5, 5.41) is 11.8. The number of fused-ring (bicyclic) bond motifs is 1. The Morgan fingerprint density at radius 3 is 2.73 bits per heavy atom. The lowest BCUT2D eigenvalue weighted by molar-refractivity contribution is -0.132. The SMILES string of the molecule is CCCCCOc1cccc([C@@H]2/C(=C(\O)c3ccc4c(c3)C[C@@H](C)O4)C(=O)C(=O)N2c2nc(C)c(C(C)=O)s2)c1. The fourth-order valence-electron chi connectivity index (χ4n) is 5.20. The number of anilines is 1. The number of aryl methyl sites for hydroxylation is 1. The Hall–Kier alpha value is -3.98. The third-order valence-electron chi connectivity index (χ3n) is 7.12. The molecule has 0 bridgehead atoms. The standard InChI is InChI=1S/C31H32N2O6S/c1-5-6-7-13-38-23-10-8-9-20(16-23)26-25(27(35)21-11-12-24-22(15-21)14-17(2)39-24)28(36)30(37)33(26)31-32-18(3)29(40-31)19(4)34/h8-12,15-17,26,35H,5-7,13-14H2,1-4H3/b27-25+/t17-,26-/m1/s1. The maximum atomic E-state index is 13.6. The van der Waals surface area contributed by atoms with Crippen LogP contribution in [-0.2, 0) is 16.0 Å². The summed E-state index contributed by atoms with van der Waals surface area (Å²) in [5.41, 5.74) is 2.37. The minimum Gasteiger partial charge on any atom is -0.507 e. The zero-order chi connectivity index (χ0) is 28.6. The monoisotopic (exact) mass is 560 g/mol. The minimum atomic E-state index is -0.965. The van der Waals surface area contributed by atoms with Gasteiger partial charge in [-0.25, -0.2) is 4.98 Å². The van der Waals surface area contributed by atoms with Crippen molar-refractivity contribution in [2.24, 2.45) is 0 Å². The molecule has 2 atom stereocenters. The lowest BCUT2D eigenvalue weighted by Gasteiger charge is -2.23. The van der Waals surface area contributed by atoms with Gasteiger partial charge in [0.25, 0.3) is 5.78 Å². The number of amides is 1. The van der Waals surface area contributed by atoms with Gasteiger partial charge in [-0.15, -0.1) is 0 Å². The number of ether oxygens (including phenoxy) is 2. The number of hydrogen-bond acceptors (Lipinski definition) is 8. The van der Waals surface area contributed by atoms with Crippen molar-refractivity contribution in [1.82, 2.24) is 4.98 Å². The maximum absolute atomic E-state index is 13.6. The van der Waals surface area contributed by atoms with E-state index in [1.165, 1.54) is 11.8 Å². The molecule has 0 saturated carbocycles. The fraction of sp³-hybridized carbons (Fsp3) is 0.355. The van der Waals surface area contributed by atoms with Crippen LogP contribution in [0.2, 0.25) is 0 Å². The lowest BCUT2D eigenvalue weighted by atomic mass is 9.94. The van der Waals surface area contributed by atoms with Crippen molar-refractivity contribution in [3.63, 3.8) is 0 Å². The third-order valence-corrected chi connectivity index (χ3v) is 8.37. The third kappa shape index (κ3) is 5.13.